The van der Waals surface area contributed by atoms with Crippen molar-refractivity contribution in [2.24, 2.45) is 7.05 Å². The number of imide groups is 1. The second-order valence-electron chi connectivity index (χ2n) is 5.88. The molecule has 0 unspecified atom stereocenters. The van der Waals surface area contributed by atoms with E-state index in [4.69, 9.17) is 9.59 Å². The lowest BCUT2D eigenvalue weighted by Crippen LogP contribution is -2.17. The Labute approximate surface area is 138 Å². The number of amides is 2. The highest BCUT2D eigenvalue weighted by atomic mass is 16.2. The predicted molar refractivity (Wildman–Crippen MR) is 95.8 cm³/mol. The molecule has 1 N–H and O–H groups in total. The zero-order valence-corrected chi connectivity index (χ0v) is 14.7. The minimum Gasteiger partial charge on any atom is -0.375 e. The number of nitrogens with zero attached hydrogens (tertiary/aromatic N) is 2. The first kappa shape index (κ1) is 18.7. The van der Waals surface area contributed by atoms with Gasteiger partial charge in [-0.2, -0.15) is 0 Å². The van der Waals surface area contributed by atoms with Crippen LogP contribution in [0.25, 0.3) is 10.9 Å². The number of fused-ring (bicyclic) bond motifs is 1. The number of nitrogens with one attached hydrogen (secondary N) is 1. The van der Waals surface area contributed by atoms with Gasteiger partial charge in [0.2, 0.25) is 12.8 Å². The molecule has 0 radical (unpaired) electrons. The second kappa shape index (κ2) is 8.98. The van der Waals surface area contributed by atoms with Crippen LogP contribution < -0.4 is 10.2 Å². The molecule has 1 heterocycles. The maximum absolute atomic E-state index is 9.06. The molecular weight excluding hydrogens is 290 g/mol. The van der Waals surface area contributed by atoms with Gasteiger partial charge in [0.05, 0.1) is 5.52 Å². The third-order valence-electron chi connectivity index (χ3n) is 3.76. The van der Waals surface area contributed by atoms with Crippen molar-refractivity contribution >= 4 is 29.4 Å². The molecular formula is C18H27N3O2. The molecule has 0 aliphatic rings. The lowest BCUT2D eigenvalue weighted by molar-refractivity contribution is -0.117. The summed E-state index contributed by atoms with van der Waals surface area (Å²) in [6, 6.07) is 6.81. The SMILES string of the molecule is CCCN(C)c1ccc2c(C(C)C)cn(C)c2c1.O=CNC=O. The first-order valence-electron chi connectivity index (χ1n) is 7.89. The lowest BCUT2D eigenvalue weighted by atomic mass is 10.0. The molecule has 2 aromatic rings. The summed E-state index contributed by atoms with van der Waals surface area (Å²) < 4.78 is 2.24. The topological polar surface area (TPSA) is 54.3 Å². The van der Waals surface area contributed by atoms with Crippen LogP contribution in [0.1, 0.15) is 38.7 Å². The fourth-order valence-corrected chi connectivity index (χ4v) is 2.59. The molecule has 1 aromatic heterocycles. The van der Waals surface area contributed by atoms with Crippen LogP contribution in [-0.2, 0) is 16.6 Å². The first-order valence-corrected chi connectivity index (χ1v) is 7.89. The average Bonchev–Trinajstić information content (AvgIpc) is 2.86. The van der Waals surface area contributed by atoms with E-state index in [1.807, 2.05) is 0 Å². The van der Waals surface area contributed by atoms with E-state index in [2.05, 4.69) is 68.7 Å². The number of benzene rings is 1. The van der Waals surface area contributed by atoms with Crippen molar-refractivity contribution in [3.05, 3.63) is 30.0 Å². The van der Waals surface area contributed by atoms with Crippen molar-refractivity contribution in [1.29, 1.82) is 0 Å². The third-order valence-corrected chi connectivity index (χ3v) is 3.76. The van der Waals surface area contributed by atoms with Gasteiger partial charge in [-0.25, -0.2) is 0 Å². The van der Waals surface area contributed by atoms with E-state index < -0.39 is 0 Å². The van der Waals surface area contributed by atoms with Crippen molar-refractivity contribution < 1.29 is 9.59 Å². The van der Waals surface area contributed by atoms with Crippen molar-refractivity contribution in [2.75, 3.05) is 18.5 Å². The van der Waals surface area contributed by atoms with E-state index in [1.165, 1.54) is 28.6 Å². The fraction of sp³-hybridized carbons (Fsp3) is 0.444. The summed E-state index contributed by atoms with van der Waals surface area (Å²) in [4.78, 5) is 20.4. The Morgan fingerprint density at radius 2 is 1.91 bits per heavy atom. The molecule has 0 saturated carbocycles. The number of aromatic nitrogens is 1. The molecule has 0 bridgehead atoms. The Morgan fingerprint density at radius 1 is 1.26 bits per heavy atom. The van der Waals surface area contributed by atoms with Gasteiger partial charge in [-0.1, -0.05) is 26.8 Å². The van der Waals surface area contributed by atoms with Crippen LogP contribution in [0, 0.1) is 0 Å². The van der Waals surface area contributed by atoms with E-state index in [0.29, 0.717) is 18.7 Å². The van der Waals surface area contributed by atoms with Gasteiger partial charge in [0.15, 0.2) is 0 Å². The molecule has 2 amide bonds. The van der Waals surface area contributed by atoms with Gasteiger partial charge < -0.3 is 14.8 Å². The minimum absolute atomic E-state index is 0.312. The molecule has 0 fully saturated rings. The van der Waals surface area contributed by atoms with E-state index in [1.54, 1.807) is 5.32 Å². The normalized spacial score (nSPS) is 10.2. The van der Waals surface area contributed by atoms with Gasteiger partial charge in [0.1, 0.15) is 0 Å². The number of hydrogen-bond donors (Lipinski definition) is 1. The van der Waals surface area contributed by atoms with Gasteiger partial charge in [0.25, 0.3) is 0 Å². The third kappa shape index (κ3) is 4.84. The number of anilines is 1. The van der Waals surface area contributed by atoms with Crippen LogP contribution in [0.3, 0.4) is 0 Å². The van der Waals surface area contributed by atoms with Crippen LogP contribution in [0.5, 0.6) is 0 Å². The smallest absolute Gasteiger partial charge is 0.213 e. The van der Waals surface area contributed by atoms with E-state index in [9.17, 15) is 0 Å². The maximum atomic E-state index is 9.06. The quantitative estimate of drug-likeness (QED) is 0.833. The van der Waals surface area contributed by atoms with Gasteiger partial charge in [-0.3, -0.25) is 9.59 Å². The van der Waals surface area contributed by atoms with Gasteiger partial charge in [-0.15, -0.1) is 0 Å². The lowest BCUT2D eigenvalue weighted by Gasteiger charge is -2.18. The van der Waals surface area contributed by atoms with Gasteiger partial charge in [0, 0.05) is 37.9 Å². The first-order chi connectivity index (χ1) is 11.0. The molecule has 5 heteroatoms. The van der Waals surface area contributed by atoms with Gasteiger partial charge in [-0.05, 0) is 30.0 Å². The standard InChI is InChI=1S/C16H24N2.C2H3NO2/c1-6-9-17(4)13-7-8-14-15(12(2)3)11-18(5)16(14)10-13;4-1-3-2-5/h7-8,10-12H,6,9H2,1-5H3;1-2H,(H,3,4,5). The molecule has 5 nitrogen and oxygen atoms in total. The summed E-state index contributed by atoms with van der Waals surface area (Å²) in [6.07, 6.45) is 4.07. The molecule has 0 spiro atoms. The Bertz CT molecular complexity index is 641. The molecule has 1 aromatic carbocycles. The molecule has 126 valence electrons. The summed E-state index contributed by atoms with van der Waals surface area (Å²) in [5, 5.41) is 3.14. The van der Waals surface area contributed by atoms with Crippen molar-refractivity contribution in [2.45, 2.75) is 33.1 Å². The van der Waals surface area contributed by atoms with Gasteiger partial charge >= 0.3 is 0 Å². The maximum Gasteiger partial charge on any atom is 0.213 e. The van der Waals surface area contributed by atoms with E-state index in [0.717, 1.165) is 6.54 Å². The molecule has 0 saturated heterocycles. The minimum atomic E-state index is 0.312. The monoisotopic (exact) mass is 317 g/mol. The summed E-state index contributed by atoms with van der Waals surface area (Å²) >= 11 is 0. The number of rotatable bonds is 6. The molecule has 0 aliphatic heterocycles. The van der Waals surface area contributed by atoms with Crippen molar-refractivity contribution in [1.82, 2.24) is 9.88 Å². The Hall–Kier alpha value is -2.30. The van der Waals surface area contributed by atoms with E-state index >= 15 is 0 Å². The number of hydrogen-bond acceptors (Lipinski definition) is 3. The highest BCUT2D eigenvalue weighted by Gasteiger charge is 2.11. The Balaban J connectivity index is 0.000000463. The average molecular weight is 317 g/mol. The second-order valence-corrected chi connectivity index (χ2v) is 5.88. The summed E-state index contributed by atoms with van der Waals surface area (Å²) in [5.41, 5.74) is 4.08. The highest BCUT2D eigenvalue weighted by Crippen LogP contribution is 2.29. The molecule has 0 aliphatic carbocycles. The van der Waals surface area contributed by atoms with Crippen LogP contribution in [0.4, 0.5) is 5.69 Å². The highest BCUT2D eigenvalue weighted by molar-refractivity contribution is 5.87. The zero-order chi connectivity index (χ0) is 17.4. The summed E-state index contributed by atoms with van der Waals surface area (Å²) in [6.45, 7) is 7.83. The summed E-state index contributed by atoms with van der Waals surface area (Å²) in [5.74, 6) is 0.577. The van der Waals surface area contributed by atoms with E-state index in [-0.39, 0.29) is 0 Å². The molecule has 2 rings (SSSR count). The summed E-state index contributed by atoms with van der Waals surface area (Å²) in [7, 11) is 4.30. The van der Waals surface area contributed by atoms with Crippen molar-refractivity contribution in [3.63, 3.8) is 0 Å². The zero-order valence-electron chi connectivity index (χ0n) is 14.7. The van der Waals surface area contributed by atoms with Crippen molar-refractivity contribution in [3.8, 4) is 0 Å². The fourth-order valence-electron chi connectivity index (χ4n) is 2.59. The van der Waals surface area contributed by atoms with Crippen LogP contribution in [0.2, 0.25) is 0 Å². The van der Waals surface area contributed by atoms with Crippen LogP contribution >= 0.6 is 0 Å². The molecule has 0 atom stereocenters. The largest absolute Gasteiger partial charge is 0.375 e. The Kier molecular flexibility index (Phi) is 7.32. The number of aryl methyl sites for hydroxylation is 1. The Morgan fingerprint density at radius 3 is 2.39 bits per heavy atom. The predicted octanol–water partition coefficient (Wildman–Crippen LogP) is 3.04. The molecule has 23 heavy (non-hydrogen) atoms. The number of carbonyl (C=O) groups excluding carboxylic acids is 2. The number of carbonyl (C=O) groups is 2. The van der Waals surface area contributed by atoms with Crippen LogP contribution in [0.15, 0.2) is 24.4 Å². The van der Waals surface area contributed by atoms with Crippen LogP contribution in [-0.4, -0.2) is 31.0 Å².